The van der Waals surface area contributed by atoms with Crippen molar-refractivity contribution in [2.45, 2.75) is 48.4 Å². The molecule has 0 bridgehead atoms. The third kappa shape index (κ3) is 4.90. The molecule has 14 nitrogen and oxygen atoms in total. The highest BCUT2D eigenvalue weighted by Gasteiger charge is 2.54. The Morgan fingerprint density at radius 1 is 1.39 bits per heavy atom. The van der Waals surface area contributed by atoms with E-state index in [1.165, 1.54) is 28.4 Å². The molecule has 1 unspecified atom stereocenters. The highest BCUT2D eigenvalue weighted by molar-refractivity contribution is 8.01. The topological polar surface area (TPSA) is 202 Å². The Labute approximate surface area is 216 Å². The average Bonchev–Trinajstić information content (AvgIpc) is 3.64. The predicted octanol–water partition coefficient (Wildman–Crippen LogP) is 0.433. The Kier molecular flexibility index (Phi) is 7.10. The number of oxime groups is 1. The van der Waals surface area contributed by atoms with E-state index in [1.54, 1.807) is 5.38 Å². The molecule has 0 radical (unpaired) electrons. The molecular weight excluding hydrogens is 530 g/mol. The van der Waals surface area contributed by atoms with Gasteiger partial charge in [-0.25, -0.2) is 9.78 Å². The van der Waals surface area contributed by atoms with Crippen LogP contribution in [-0.2, 0) is 19.2 Å². The summed E-state index contributed by atoms with van der Waals surface area (Å²) in [5.74, 6) is -1.73. The lowest BCUT2D eigenvalue weighted by molar-refractivity contribution is -0.150. The van der Waals surface area contributed by atoms with Crippen molar-refractivity contribution in [1.29, 1.82) is 0 Å². The summed E-state index contributed by atoms with van der Waals surface area (Å²) in [6.45, 7) is 0. The zero-order valence-corrected chi connectivity index (χ0v) is 21.1. The zero-order valence-electron chi connectivity index (χ0n) is 18.6. The molecule has 2 atom stereocenters. The number of nitrogen functional groups attached to an aromatic ring is 1. The number of thioether (sulfide) groups is 2. The number of carboxylic acid groups (broad SMARTS) is 1. The van der Waals surface area contributed by atoms with Crippen LogP contribution in [-0.4, -0.2) is 88.1 Å². The number of nitrogens with one attached hydrogen (secondary N) is 2. The highest BCUT2D eigenvalue weighted by Crippen LogP contribution is 2.41. The first kappa shape index (κ1) is 24.5. The molecule has 2 aromatic heterocycles. The second-order valence-corrected chi connectivity index (χ2v) is 11.1. The summed E-state index contributed by atoms with van der Waals surface area (Å²) in [7, 11) is 0. The quantitative estimate of drug-likeness (QED) is 0.145. The van der Waals surface area contributed by atoms with Crippen LogP contribution in [0.25, 0.3) is 0 Å². The highest BCUT2D eigenvalue weighted by atomic mass is 32.2. The zero-order chi connectivity index (χ0) is 25.2. The molecule has 1 saturated carbocycles. The smallest absolute Gasteiger partial charge is 0.352 e. The first-order valence-electron chi connectivity index (χ1n) is 10.9. The number of aromatic amines is 1. The number of anilines is 1. The number of amides is 2. The lowest BCUT2D eigenvalue weighted by Gasteiger charge is -2.49. The molecule has 3 aliphatic rings. The first-order chi connectivity index (χ1) is 17.4. The maximum absolute atomic E-state index is 13.2. The third-order valence-corrected chi connectivity index (χ3v) is 8.75. The number of carboxylic acids is 1. The van der Waals surface area contributed by atoms with Gasteiger partial charge in [0.05, 0.1) is 0 Å². The van der Waals surface area contributed by atoms with Crippen LogP contribution < -0.4 is 11.1 Å². The van der Waals surface area contributed by atoms with E-state index in [0.717, 1.165) is 37.0 Å². The molecular formula is C19H21N9O5S3. The van der Waals surface area contributed by atoms with Crippen LogP contribution in [0.1, 0.15) is 31.4 Å². The van der Waals surface area contributed by atoms with Gasteiger partial charge in [-0.3, -0.25) is 14.5 Å². The SMILES string of the molecule is Nc1nc(/C(=N/OC2CCCC2)C(=O)NC2C(=O)N3C(C(=O)O)=C(CSc4nn[nH]n4)CS[C@H]23)cs1. The van der Waals surface area contributed by atoms with E-state index in [2.05, 4.69) is 36.1 Å². The molecule has 17 heteroatoms. The van der Waals surface area contributed by atoms with Gasteiger partial charge < -0.3 is 21.0 Å². The van der Waals surface area contributed by atoms with Gasteiger partial charge in [0.1, 0.15) is 28.9 Å². The van der Waals surface area contributed by atoms with Gasteiger partial charge in [0, 0.05) is 16.9 Å². The standard InChI is InChI=1S/C19H21N9O5S3/c20-18-21-10(7-35-18)11(25-33-9-3-1-2-4-9)14(29)22-12-15(30)28-13(17(31)32)8(5-34-16(12)28)6-36-19-23-26-27-24-19/h7,9,12,16H,1-6H2,(H2,20,21)(H,22,29)(H,31,32)(H,23,24,26,27)/b25-11-/t12?,16-/m1/s1. The van der Waals surface area contributed by atoms with Gasteiger partial charge in [-0.05, 0) is 36.5 Å². The summed E-state index contributed by atoms with van der Waals surface area (Å²) in [5, 5.41) is 31.7. The van der Waals surface area contributed by atoms with Crippen LogP contribution in [0, 0.1) is 0 Å². The van der Waals surface area contributed by atoms with Gasteiger partial charge in [0.25, 0.3) is 11.8 Å². The molecule has 1 saturated heterocycles. The number of H-pyrrole nitrogens is 1. The van der Waals surface area contributed by atoms with Gasteiger partial charge >= 0.3 is 5.97 Å². The molecule has 190 valence electrons. The fourth-order valence-corrected chi connectivity index (χ4v) is 6.86. The minimum Gasteiger partial charge on any atom is -0.477 e. The number of aromatic nitrogens is 5. The minimum atomic E-state index is -1.22. The number of tetrazole rings is 1. The Balaban J connectivity index is 1.30. The van der Waals surface area contributed by atoms with Gasteiger partial charge in [0.2, 0.25) is 5.16 Å². The molecule has 0 aromatic carbocycles. The molecule has 5 rings (SSSR count). The summed E-state index contributed by atoms with van der Waals surface area (Å²) in [5.41, 5.74) is 6.38. The van der Waals surface area contributed by atoms with E-state index in [-0.39, 0.29) is 34.1 Å². The van der Waals surface area contributed by atoms with Gasteiger partial charge in [-0.1, -0.05) is 16.9 Å². The van der Waals surface area contributed by atoms with Crippen molar-refractivity contribution in [3.8, 4) is 0 Å². The fraction of sp³-hybridized carbons (Fsp3) is 0.474. The summed E-state index contributed by atoms with van der Waals surface area (Å²) in [6.07, 6.45) is 3.69. The predicted molar refractivity (Wildman–Crippen MR) is 131 cm³/mol. The maximum atomic E-state index is 13.2. The average molecular weight is 552 g/mol. The number of β-lactam (4-membered cyclic amide) rings is 1. The van der Waals surface area contributed by atoms with Crippen molar-refractivity contribution < 1.29 is 24.3 Å². The van der Waals surface area contributed by atoms with Crippen LogP contribution in [0.4, 0.5) is 5.13 Å². The number of hydrogen-bond donors (Lipinski definition) is 4. The van der Waals surface area contributed by atoms with E-state index in [1.807, 2.05) is 0 Å². The van der Waals surface area contributed by atoms with Crippen molar-refractivity contribution in [2.24, 2.45) is 5.16 Å². The van der Waals surface area contributed by atoms with Gasteiger partial charge in [-0.15, -0.1) is 33.3 Å². The van der Waals surface area contributed by atoms with Crippen LogP contribution in [0.3, 0.4) is 0 Å². The van der Waals surface area contributed by atoms with Crippen molar-refractivity contribution in [3.63, 3.8) is 0 Å². The van der Waals surface area contributed by atoms with E-state index < -0.39 is 29.2 Å². The summed E-state index contributed by atoms with van der Waals surface area (Å²) < 4.78 is 0. The molecule has 36 heavy (non-hydrogen) atoms. The van der Waals surface area contributed by atoms with E-state index in [0.29, 0.717) is 16.5 Å². The number of rotatable bonds is 9. The lowest BCUT2D eigenvalue weighted by Crippen LogP contribution is -2.71. The summed E-state index contributed by atoms with van der Waals surface area (Å²) in [4.78, 5) is 49.1. The number of hydrogen-bond acceptors (Lipinski definition) is 13. The number of fused-ring (bicyclic) bond motifs is 1. The molecule has 1 aliphatic carbocycles. The second-order valence-electron chi connectivity index (χ2n) is 8.12. The Hall–Kier alpha value is -3.18. The molecule has 2 aliphatic heterocycles. The molecule has 5 N–H and O–H groups in total. The van der Waals surface area contributed by atoms with Crippen LogP contribution in [0.15, 0.2) is 27.0 Å². The van der Waals surface area contributed by atoms with Gasteiger partial charge in [0.15, 0.2) is 10.8 Å². The van der Waals surface area contributed by atoms with Gasteiger partial charge in [-0.2, -0.15) is 5.21 Å². The largest absolute Gasteiger partial charge is 0.477 e. The molecule has 2 amide bonds. The van der Waals surface area contributed by atoms with Crippen molar-refractivity contribution in [2.75, 3.05) is 17.2 Å². The Morgan fingerprint density at radius 3 is 2.86 bits per heavy atom. The molecule has 0 spiro atoms. The summed E-state index contributed by atoms with van der Waals surface area (Å²) in [6, 6.07) is -0.920. The van der Waals surface area contributed by atoms with Crippen molar-refractivity contribution in [3.05, 3.63) is 22.3 Å². The Morgan fingerprint density at radius 2 is 2.19 bits per heavy atom. The maximum Gasteiger partial charge on any atom is 0.352 e. The number of carbonyl (C=O) groups is 3. The van der Waals surface area contributed by atoms with Crippen molar-refractivity contribution in [1.82, 2.24) is 35.8 Å². The van der Waals surface area contributed by atoms with Crippen LogP contribution in [0.5, 0.6) is 0 Å². The number of nitrogens with zero attached hydrogens (tertiary/aromatic N) is 6. The van der Waals surface area contributed by atoms with E-state index >= 15 is 0 Å². The van der Waals surface area contributed by atoms with Crippen LogP contribution in [0.2, 0.25) is 0 Å². The number of aliphatic carboxylic acids is 1. The lowest BCUT2D eigenvalue weighted by atomic mass is 10.0. The molecule has 4 heterocycles. The number of carbonyl (C=O) groups excluding carboxylic acids is 2. The Bertz CT molecular complexity index is 1220. The molecule has 2 aromatic rings. The second kappa shape index (κ2) is 10.4. The monoisotopic (exact) mass is 551 g/mol. The molecule has 2 fully saturated rings. The first-order valence-corrected chi connectivity index (χ1v) is 13.9. The fourth-order valence-electron chi connectivity index (χ4n) is 4.09. The normalized spacial score (nSPS) is 22.4. The van der Waals surface area contributed by atoms with Crippen LogP contribution >= 0.6 is 34.9 Å². The van der Waals surface area contributed by atoms with E-state index in [9.17, 15) is 19.5 Å². The minimum absolute atomic E-state index is 0.0758. The number of thiazole rings is 1. The van der Waals surface area contributed by atoms with E-state index in [4.69, 9.17) is 10.6 Å². The number of nitrogens with two attached hydrogens (primary N) is 1. The summed E-state index contributed by atoms with van der Waals surface area (Å²) >= 11 is 3.73. The van der Waals surface area contributed by atoms with Crippen molar-refractivity contribution >= 4 is 63.5 Å². The third-order valence-electron chi connectivity index (χ3n) is 5.81.